The van der Waals surface area contributed by atoms with Crippen molar-refractivity contribution in [3.8, 4) is 11.5 Å². The number of hydrogen-bond acceptors (Lipinski definition) is 6. The summed E-state index contributed by atoms with van der Waals surface area (Å²) in [6.07, 6.45) is 0. The smallest absolute Gasteiger partial charge is 0.276 e. The van der Waals surface area contributed by atoms with Crippen LogP contribution >= 0.6 is 23.8 Å². The van der Waals surface area contributed by atoms with Gasteiger partial charge in [-0.1, -0.05) is 23.7 Å². The van der Waals surface area contributed by atoms with Gasteiger partial charge in [-0.15, -0.1) is 0 Å². The molecule has 0 atom stereocenters. The zero-order valence-corrected chi connectivity index (χ0v) is 17.8. The second kappa shape index (κ2) is 12.6. The SMILES string of the molecule is CCOCCOc1ccccc1C(=O)NC(=S)NNC(=O)COc1ccc(Cl)cc1. The Morgan fingerprint density at radius 1 is 1.00 bits per heavy atom. The summed E-state index contributed by atoms with van der Waals surface area (Å²) in [4.78, 5) is 24.3. The van der Waals surface area contributed by atoms with Crippen LogP contribution in [0.25, 0.3) is 0 Å². The van der Waals surface area contributed by atoms with Crippen LogP contribution in [-0.2, 0) is 9.53 Å². The van der Waals surface area contributed by atoms with Crippen molar-refractivity contribution in [2.45, 2.75) is 6.92 Å². The maximum Gasteiger partial charge on any atom is 0.276 e. The highest BCUT2D eigenvalue weighted by atomic mass is 35.5. The molecule has 0 aliphatic rings. The number of hydrogen-bond donors (Lipinski definition) is 3. The number of thiocarbonyl (C=S) groups is 1. The molecule has 0 saturated heterocycles. The minimum Gasteiger partial charge on any atom is -0.490 e. The van der Waals surface area contributed by atoms with Crippen molar-refractivity contribution in [2.24, 2.45) is 0 Å². The molecule has 10 heteroatoms. The summed E-state index contributed by atoms with van der Waals surface area (Å²) in [5, 5.41) is 2.96. The van der Waals surface area contributed by atoms with Crippen LogP contribution in [0.2, 0.25) is 5.02 Å². The molecule has 0 radical (unpaired) electrons. The third-order valence-electron chi connectivity index (χ3n) is 3.55. The molecule has 8 nitrogen and oxygen atoms in total. The molecule has 0 spiro atoms. The highest BCUT2D eigenvalue weighted by Gasteiger charge is 2.14. The topological polar surface area (TPSA) is 97.9 Å². The molecule has 2 rings (SSSR count). The second-order valence-corrected chi connectivity index (χ2v) is 6.59. The van der Waals surface area contributed by atoms with Crippen molar-refractivity contribution in [2.75, 3.05) is 26.4 Å². The number of halogens is 1. The predicted molar refractivity (Wildman–Crippen MR) is 117 cm³/mol. The quantitative estimate of drug-likeness (QED) is 0.306. The third-order valence-corrected chi connectivity index (χ3v) is 4.00. The lowest BCUT2D eigenvalue weighted by atomic mass is 10.2. The summed E-state index contributed by atoms with van der Waals surface area (Å²) >= 11 is 10.8. The lowest BCUT2D eigenvalue weighted by Gasteiger charge is -2.13. The fourth-order valence-corrected chi connectivity index (χ4v) is 2.45. The van der Waals surface area contributed by atoms with Gasteiger partial charge in [-0.3, -0.25) is 25.8 Å². The van der Waals surface area contributed by atoms with Crippen LogP contribution in [0, 0.1) is 0 Å². The number of hydrazine groups is 1. The van der Waals surface area contributed by atoms with E-state index in [-0.39, 0.29) is 11.7 Å². The van der Waals surface area contributed by atoms with E-state index in [4.69, 9.17) is 38.0 Å². The van der Waals surface area contributed by atoms with Gasteiger partial charge in [-0.05, 0) is 55.5 Å². The van der Waals surface area contributed by atoms with E-state index >= 15 is 0 Å². The molecule has 0 saturated carbocycles. The first-order valence-corrected chi connectivity index (χ1v) is 9.86. The summed E-state index contributed by atoms with van der Waals surface area (Å²) in [6, 6.07) is 13.3. The molecule has 0 aliphatic carbocycles. The van der Waals surface area contributed by atoms with Crippen LogP contribution < -0.4 is 25.6 Å². The van der Waals surface area contributed by atoms with Gasteiger partial charge < -0.3 is 14.2 Å². The highest BCUT2D eigenvalue weighted by molar-refractivity contribution is 7.80. The molecule has 160 valence electrons. The molecule has 30 heavy (non-hydrogen) atoms. The van der Waals surface area contributed by atoms with Crippen molar-refractivity contribution in [1.29, 1.82) is 0 Å². The van der Waals surface area contributed by atoms with Crippen LogP contribution in [0.3, 0.4) is 0 Å². The van der Waals surface area contributed by atoms with Gasteiger partial charge in [0.25, 0.3) is 11.8 Å². The Kier molecular flexibility index (Phi) is 9.85. The Labute approximate surface area is 184 Å². The Hall–Kier alpha value is -2.88. The zero-order chi connectivity index (χ0) is 21.8. The van der Waals surface area contributed by atoms with Gasteiger partial charge in [0.05, 0.1) is 12.2 Å². The van der Waals surface area contributed by atoms with Gasteiger partial charge in [0.15, 0.2) is 11.7 Å². The Bertz CT molecular complexity index is 864. The van der Waals surface area contributed by atoms with Gasteiger partial charge >= 0.3 is 0 Å². The summed E-state index contributed by atoms with van der Waals surface area (Å²) in [5.74, 6) is -0.0725. The molecule has 2 aromatic rings. The van der Waals surface area contributed by atoms with E-state index in [1.807, 2.05) is 6.92 Å². The fraction of sp³-hybridized carbons (Fsp3) is 0.250. The van der Waals surface area contributed by atoms with E-state index in [0.717, 1.165) is 0 Å². The van der Waals surface area contributed by atoms with Crippen molar-refractivity contribution < 1.29 is 23.8 Å². The molecule has 0 fully saturated rings. The Balaban J connectivity index is 1.77. The molecule has 0 heterocycles. The molecule has 0 aliphatic heterocycles. The third kappa shape index (κ3) is 8.24. The van der Waals surface area contributed by atoms with Crippen LogP contribution in [0.15, 0.2) is 48.5 Å². The largest absolute Gasteiger partial charge is 0.490 e. The second-order valence-electron chi connectivity index (χ2n) is 5.74. The van der Waals surface area contributed by atoms with E-state index in [2.05, 4.69) is 16.2 Å². The van der Waals surface area contributed by atoms with E-state index in [9.17, 15) is 9.59 Å². The molecular formula is C20H22ClN3O5S. The standard InChI is InChI=1S/C20H22ClN3O5S/c1-2-27-11-12-28-17-6-4-3-5-16(17)19(26)22-20(30)24-23-18(25)13-29-15-9-7-14(21)8-10-15/h3-10H,2,11-13H2,1H3,(H,23,25)(H2,22,24,26,30). The number of carbonyl (C=O) groups excluding carboxylic acids is 2. The average molecular weight is 452 g/mol. The molecule has 0 unspecified atom stereocenters. The van der Waals surface area contributed by atoms with Crippen molar-refractivity contribution in [3.05, 3.63) is 59.1 Å². The first-order chi connectivity index (χ1) is 14.5. The van der Waals surface area contributed by atoms with Crippen LogP contribution in [0.4, 0.5) is 0 Å². The van der Waals surface area contributed by atoms with Gasteiger partial charge in [-0.25, -0.2) is 0 Å². The normalized spacial score (nSPS) is 10.1. The molecular weight excluding hydrogens is 430 g/mol. The number of ether oxygens (including phenoxy) is 3. The number of amides is 2. The lowest BCUT2D eigenvalue weighted by Crippen LogP contribution is -2.49. The minimum atomic E-state index is -0.485. The maximum atomic E-state index is 12.4. The maximum absolute atomic E-state index is 12.4. The molecule has 3 N–H and O–H groups in total. The van der Waals surface area contributed by atoms with Crippen molar-refractivity contribution in [1.82, 2.24) is 16.2 Å². The molecule has 0 aromatic heterocycles. The predicted octanol–water partition coefficient (Wildman–Crippen LogP) is 2.47. The monoisotopic (exact) mass is 451 g/mol. The summed E-state index contributed by atoms with van der Waals surface area (Å²) in [5.41, 5.74) is 5.09. The van der Waals surface area contributed by atoms with Crippen molar-refractivity contribution >= 4 is 40.7 Å². The van der Waals surface area contributed by atoms with Gasteiger partial charge in [-0.2, -0.15) is 0 Å². The Morgan fingerprint density at radius 2 is 1.73 bits per heavy atom. The summed E-state index contributed by atoms with van der Waals surface area (Å²) < 4.78 is 16.1. The number of nitrogens with one attached hydrogen (secondary N) is 3. The average Bonchev–Trinajstić information content (AvgIpc) is 2.75. The lowest BCUT2D eigenvalue weighted by molar-refractivity contribution is -0.123. The molecule has 2 aromatic carbocycles. The Morgan fingerprint density at radius 3 is 2.47 bits per heavy atom. The first-order valence-electron chi connectivity index (χ1n) is 9.07. The van der Waals surface area contributed by atoms with Crippen LogP contribution in [0.5, 0.6) is 11.5 Å². The fourth-order valence-electron chi connectivity index (χ4n) is 2.18. The zero-order valence-electron chi connectivity index (χ0n) is 16.3. The van der Waals surface area contributed by atoms with Gasteiger partial charge in [0.2, 0.25) is 0 Å². The first kappa shape index (κ1) is 23.4. The molecule has 2 amide bonds. The van der Waals surface area contributed by atoms with Gasteiger partial charge in [0, 0.05) is 11.6 Å². The van der Waals surface area contributed by atoms with Crippen LogP contribution in [-0.4, -0.2) is 43.4 Å². The highest BCUT2D eigenvalue weighted by Crippen LogP contribution is 2.18. The number of carbonyl (C=O) groups is 2. The minimum absolute atomic E-state index is 0.0797. The summed E-state index contributed by atoms with van der Waals surface area (Å²) in [6.45, 7) is 2.95. The molecule has 0 bridgehead atoms. The van der Waals surface area contributed by atoms with E-state index in [1.54, 1.807) is 48.5 Å². The number of benzene rings is 2. The van der Waals surface area contributed by atoms with E-state index in [1.165, 1.54) is 0 Å². The number of para-hydroxylation sites is 1. The van der Waals surface area contributed by atoms with Gasteiger partial charge in [0.1, 0.15) is 18.1 Å². The van der Waals surface area contributed by atoms with E-state index in [0.29, 0.717) is 41.9 Å². The van der Waals surface area contributed by atoms with E-state index < -0.39 is 11.8 Å². The van der Waals surface area contributed by atoms with Crippen LogP contribution in [0.1, 0.15) is 17.3 Å². The number of rotatable bonds is 9. The summed E-state index contributed by atoms with van der Waals surface area (Å²) in [7, 11) is 0. The van der Waals surface area contributed by atoms with Crippen molar-refractivity contribution in [3.63, 3.8) is 0 Å².